The van der Waals surface area contributed by atoms with Gasteiger partial charge in [0.15, 0.2) is 0 Å². The van der Waals surface area contributed by atoms with Gasteiger partial charge < -0.3 is 10.6 Å². The zero-order chi connectivity index (χ0) is 13.0. The summed E-state index contributed by atoms with van der Waals surface area (Å²) in [5, 5.41) is 5.43. The molecule has 0 heterocycles. The molecular formula is C14H16N2O2. The van der Waals surface area contributed by atoms with E-state index in [4.69, 9.17) is 0 Å². The van der Waals surface area contributed by atoms with Crippen LogP contribution in [0.3, 0.4) is 0 Å². The van der Waals surface area contributed by atoms with Crippen molar-refractivity contribution in [2.24, 2.45) is 0 Å². The quantitative estimate of drug-likeness (QED) is 0.785. The van der Waals surface area contributed by atoms with Crippen molar-refractivity contribution in [3.05, 3.63) is 41.5 Å². The van der Waals surface area contributed by atoms with E-state index in [9.17, 15) is 9.59 Å². The molecule has 4 nitrogen and oxygen atoms in total. The maximum absolute atomic E-state index is 11.7. The van der Waals surface area contributed by atoms with Crippen LogP contribution < -0.4 is 10.6 Å². The van der Waals surface area contributed by atoms with Crippen molar-refractivity contribution < 1.29 is 9.59 Å². The zero-order valence-electron chi connectivity index (χ0n) is 10.3. The van der Waals surface area contributed by atoms with Crippen molar-refractivity contribution in [1.29, 1.82) is 0 Å². The first-order chi connectivity index (χ1) is 8.69. The summed E-state index contributed by atoms with van der Waals surface area (Å²) in [6, 6.07) is 7.54. The molecule has 4 heteroatoms. The minimum atomic E-state index is -0.148. The van der Waals surface area contributed by atoms with Gasteiger partial charge in [-0.15, -0.1) is 0 Å². The number of hydrogen-bond donors (Lipinski definition) is 2. The first-order valence-electron chi connectivity index (χ1n) is 6.00. The molecule has 1 aliphatic carbocycles. The van der Waals surface area contributed by atoms with Gasteiger partial charge in [0.05, 0.1) is 0 Å². The van der Waals surface area contributed by atoms with Crippen LogP contribution in [0.15, 0.2) is 30.3 Å². The highest BCUT2D eigenvalue weighted by molar-refractivity contribution is 5.95. The summed E-state index contributed by atoms with van der Waals surface area (Å²) in [7, 11) is 1.58. The Kier molecular flexibility index (Phi) is 3.77. The second-order valence-electron chi connectivity index (χ2n) is 4.32. The van der Waals surface area contributed by atoms with Crippen molar-refractivity contribution in [3.8, 4) is 0 Å². The molecule has 0 spiro atoms. The summed E-state index contributed by atoms with van der Waals surface area (Å²) in [5.41, 5.74) is 1.54. The maximum atomic E-state index is 11.7. The lowest BCUT2D eigenvalue weighted by atomic mass is 10.1. The van der Waals surface area contributed by atoms with Crippen molar-refractivity contribution in [3.63, 3.8) is 0 Å². The molecule has 2 rings (SSSR count). The Hall–Kier alpha value is -2.10. The van der Waals surface area contributed by atoms with Gasteiger partial charge >= 0.3 is 0 Å². The minimum Gasteiger partial charge on any atom is -0.356 e. The fourth-order valence-electron chi connectivity index (χ4n) is 1.50. The lowest BCUT2D eigenvalue weighted by molar-refractivity contribution is -0.115. The molecule has 2 amide bonds. The molecule has 18 heavy (non-hydrogen) atoms. The fourth-order valence-corrected chi connectivity index (χ4v) is 1.50. The second-order valence-corrected chi connectivity index (χ2v) is 4.32. The van der Waals surface area contributed by atoms with Crippen molar-refractivity contribution in [1.82, 2.24) is 10.6 Å². The highest BCUT2D eigenvalue weighted by Crippen LogP contribution is 2.19. The van der Waals surface area contributed by atoms with Crippen LogP contribution in [0.1, 0.15) is 28.8 Å². The SMILES string of the molecule is CNC(=O)/C=C\c1ccc(C(=O)NC2CC2)cc1. The lowest BCUT2D eigenvalue weighted by Gasteiger charge is -2.03. The number of carbonyl (C=O) groups excluding carboxylic acids is 2. The van der Waals surface area contributed by atoms with Crippen LogP contribution in [-0.4, -0.2) is 24.9 Å². The molecule has 1 aromatic carbocycles. The summed E-state index contributed by atoms with van der Waals surface area (Å²) in [6.45, 7) is 0. The van der Waals surface area contributed by atoms with Crippen LogP contribution in [0.25, 0.3) is 6.08 Å². The summed E-state index contributed by atoms with van der Waals surface area (Å²) in [6.07, 6.45) is 5.33. The Bertz CT molecular complexity index is 473. The fraction of sp³-hybridized carbons (Fsp3) is 0.286. The number of benzene rings is 1. The topological polar surface area (TPSA) is 58.2 Å². The normalized spacial score (nSPS) is 14.5. The average Bonchev–Trinajstić information content (AvgIpc) is 3.20. The van der Waals surface area contributed by atoms with E-state index >= 15 is 0 Å². The molecule has 0 radical (unpaired) electrons. The van der Waals surface area contributed by atoms with Gasteiger partial charge in [-0.05, 0) is 36.6 Å². The van der Waals surface area contributed by atoms with E-state index in [2.05, 4.69) is 10.6 Å². The predicted molar refractivity (Wildman–Crippen MR) is 70.0 cm³/mol. The first-order valence-corrected chi connectivity index (χ1v) is 6.00. The average molecular weight is 244 g/mol. The molecule has 0 aromatic heterocycles. The highest BCUT2D eigenvalue weighted by atomic mass is 16.2. The number of rotatable bonds is 4. The Morgan fingerprint density at radius 2 is 1.89 bits per heavy atom. The van der Waals surface area contributed by atoms with Crippen LogP contribution in [0.4, 0.5) is 0 Å². The van der Waals surface area contributed by atoms with E-state index in [1.165, 1.54) is 6.08 Å². The number of nitrogens with one attached hydrogen (secondary N) is 2. The summed E-state index contributed by atoms with van der Waals surface area (Å²) < 4.78 is 0. The van der Waals surface area contributed by atoms with E-state index in [0.717, 1.165) is 18.4 Å². The molecule has 1 saturated carbocycles. The van der Waals surface area contributed by atoms with Gasteiger partial charge in [0.1, 0.15) is 0 Å². The molecule has 0 atom stereocenters. The Morgan fingerprint density at radius 1 is 1.22 bits per heavy atom. The number of likely N-dealkylation sites (N-methyl/N-ethyl adjacent to an activating group) is 1. The monoisotopic (exact) mass is 244 g/mol. The van der Waals surface area contributed by atoms with Gasteiger partial charge in [0.2, 0.25) is 5.91 Å². The predicted octanol–water partition coefficient (Wildman–Crippen LogP) is 1.34. The van der Waals surface area contributed by atoms with Crippen LogP contribution in [-0.2, 0) is 4.79 Å². The van der Waals surface area contributed by atoms with Gasteiger partial charge in [-0.3, -0.25) is 9.59 Å². The van der Waals surface area contributed by atoms with Gasteiger partial charge in [0, 0.05) is 24.7 Å². The summed E-state index contributed by atoms with van der Waals surface area (Å²) in [4.78, 5) is 22.8. The molecule has 1 aromatic rings. The smallest absolute Gasteiger partial charge is 0.251 e. The van der Waals surface area contributed by atoms with Gasteiger partial charge in [-0.2, -0.15) is 0 Å². The number of hydrogen-bond acceptors (Lipinski definition) is 2. The lowest BCUT2D eigenvalue weighted by Crippen LogP contribution is -2.25. The van der Waals surface area contributed by atoms with E-state index in [1.807, 2.05) is 12.1 Å². The second kappa shape index (κ2) is 5.49. The molecular weight excluding hydrogens is 228 g/mol. The van der Waals surface area contributed by atoms with E-state index < -0.39 is 0 Å². The van der Waals surface area contributed by atoms with Crippen LogP contribution in [0.2, 0.25) is 0 Å². The zero-order valence-corrected chi connectivity index (χ0v) is 10.3. The third-order valence-electron chi connectivity index (χ3n) is 2.76. The standard InChI is InChI=1S/C14H16N2O2/c1-15-13(17)9-4-10-2-5-11(6-3-10)14(18)16-12-7-8-12/h2-6,9,12H,7-8H2,1H3,(H,15,17)(H,16,18)/b9-4-. The summed E-state index contributed by atoms with van der Waals surface area (Å²) >= 11 is 0. The third-order valence-corrected chi connectivity index (χ3v) is 2.76. The third kappa shape index (κ3) is 3.45. The molecule has 94 valence electrons. The maximum Gasteiger partial charge on any atom is 0.251 e. The molecule has 0 unspecified atom stereocenters. The Balaban J connectivity index is 1.98. The highest BCUT2D eigenvalue weighted by Gasteiger charge is 2.23. The molecule has 0 aliphatic heterocycles. The van der Waals surface area contributed by atoms with E-state index in [0.29, 0.717) is 11.6 Å². The van der Waals surface area contributed by atoms with Gasteiger partial charge in [-0.25, -0.2) is 0 Å². The van der Waals surface area contributed by atoms with Crippen LogP contribution in [0, 0.1) is 0 Å². The van der Waals surface area contributed by atoms with E-state index in [1.54, 1.807) is 25.3 Å². The van der Waals surface area contributed by atoms with E-state index in [-0.39, 0.29) is 11.8 Å². The number of amides is 2. The molecule has 1 fully saturated rings. The Morgan fingerprint density at radius 3 is 2.44 bits per heavy atom. The van der Waals surface area contributed by atoms with Gasteiger partial charge in [-0.1, -0.05) is 12.1 Å². The van der Waals surface area contributed by atoms with Gasteiger partial charge in [0.25, 0.3) is 5.91 Å². The van der Waals surface area contributed by atoms with Crippen molar-refractivity contribution in [2.75, 3.05) is 7.05 Å². The Labute approximate surface area is 106 Å². The summed E-state index contributed by atoms with van der Waals surface area (Å²) in [5.74, 6) is -0.176. The molecule has 0 bridgehead atoms. The molecule has 1 aliphatic rings. The number of carbonyl (C=O) groups is 2. The van der Waals surface area contributed by atoms with Crippen LogP contribution >= 0.6 is 0 Å². The minimum absolute atomic E-state index is 0.0284. The van der Waals surface area contributed by atoms with Crippen molar-refractivity contribution in [2.45, 2.75) is 18.9 Å². The van der Waals surface area contributed by atoms with Crippen molar-refractivity contribution >= 4 is 17.9 Å². The molecule has 2 N–H and O–H groups in total. The van der Waals surface area contributed by atoms with Crippen LogP contribution in [0.5, 0.6) is 0 Å². The molecule has 0 saturated heterocycles. The first kappa shape index (κ1) is 12.4. The largest absolute Gasteiger partial charge is 0.356 e.